The number of anilines is 1. The zero-order valence-electron chi connectivity index (χ0n) is 12.4. The van der Waals surface area contributed by atoms with E-state index in [0.717, 1.165) is 31.2 Å². The van der Waals surface area contributed by atoms with E-state index in [-0.39, 0.29) is 23.4 Å². The van der Waals surface area contributed by atoms with Gasteiger partial charge in [-0.25, -0.2) is 9.97 Å². The normalized spacial score (nSPS) is 23.1. The molecule has 2 aliphatic rings. The van der Waals surface area contributed by atoms with Crippen molar-refractivity contribution in [2.45, 2.75) is 17.3 Å². The van der Waals surface area contributed by atoms with E-state index in [1.165, 1.54) is 0 Å². The molecule has 0 radical (unpaired) electrons. The summed E-state index contributed by atoms with van der Waals surface area (Å²) in [6.45, 7) is 2.10. The fraction of sp³-hybridized carbons (Fsp3) is 0.643. The van der Waals surface area contributed by atoms with E-state index >= 15 is 0 Å². The van der Waals surface area contributed by atoms with Crippen molar-refractivity contribution < 1.29 is 9.53 Å². The number of ether oxygens (including phenoxy) is 1. The molecule has 3 heterocycles. The van der Waals surface area contributed by atoms with Crippen molar-refractivity contribution in [1.29, 1.82) is 0 Å². The van der Waals surface area contributed by atoms with Crippen molar-refractivity contribution >= 4 is 23.6 Å². The van der Waals surface area contributed by atoms with E-state index in [1.54, 1.807) is 31.4 Å². The van der Waals surface area contributed by atoms with Crippen LogP contribution in [-0.4, -0.2) is 71.2 Å². The summed E-state index contributed by atoms with van der Waals surface area (Å²) in [5.74, 6) is 1.79. The highest BCUT2D eigenvalue weighted by atomic mass is 32.2. The molecule has 114 valence electrons. The number of likely N-dealkylation sites (N-methyl/N-ethyl adjacent to an activating group) is 1. The van der Waals surface area contributed by atoms with Gasteiger partial charge in [0.1, 0.15) is 6.61 Å². The third-order valence-electron chi connectivity index (χ3n) is 3.91. The van der Waals surface area contributed by atoms with Gasteiger partial charge in [0.25, 0.3) is 0 Å². The number of amides is 1. The van der Waals surface area contributed by atoms with Crippen LogP contribution in [0.4, 0.5) is 5.95 Å². The molecule has 0 unspecified atom stereocenters. The molecule has 6 nitrogen and oxygen atoms in total. The molecule has 1 aromatic rings. The molecule has 7 heteroatoms. The summed E-state index contributed by atoms with van der Waals surface area (Å²) in [6.07, 6.45) is 4.72. The molecule has 3 rings (SSSR count). The SMILES string of the molecule is CN(C)C(=O)CO[C@@H]1CSC2(C1)CN(c1ncccn1)C2. The van der Waals surface area contributed by atoms with Gasteiger partial charge in [-0.3, -0.25) is 4.79 Å². The van der Waals surface area contributed by atoms with Crippen LogP contribution in [0.25, 0.3) is 0 Å². The summed E-state index contributed by atoms with van der Waals surface area (Å²) < 4.78 is 5.99. The standard InChI is InChI=1S/C14H20N4O2S/c1-17(2)12(19)7-20-11-6-14(21-8-11)9-18(10-14)13-15-4-3-5-16-13/h3-5,11H,6-10H2,1-2H3/t11-/m0/s1. The molecule has 0 aromatic carbocycles. The van der Waals surface area contributed by atoms with E-state index in [2.05, 4.69) is 14.9 Å². The van der Waals surface area contributed by atoms with Gasteiger partial charge in [0.2, 0.25) is 11.9 Å². The van der Waals surface area contributed by atoms with Crippen molar-refractivity contribution in [3.05, 3.63) is 18.5 Å². The average molecular weight is 308 g/mol. The van der Waals surface area contributed by atoms with Gasteiger partial charge in [0.05, 0.1) is 10.9 Å². The third kappa shape index (κ3) is 3.13. The summed E-state index contributed by atoms with van der Waals surface area (Å²) in [4.78, 5) is 23.9. The van der Waals surface area contributed by atoms with Gasteiger partial charge in [-0.2, -0.15) is 0 Å². The number of hydrogen-bond donors (Lipinski definition) is 0. The maximum Gasteiger partial charge on any atom is 0.248 e. The Balaban J connectivity index is 1.47. The highest BCUT2D eigenvalue weighted by Crippen LogP contribution is 2.46. The van der Waals surface area contributed by atoms with Crippen LogP contribution in [0.5, 0.6) is 0 Å². The van der Waals surface area contributed by atoms with Crippen LogP contribution in [0.1, 0.15) is 6.42 Å². The minimum atomic E-state index is 0.0221. The second-order valence-corrected chi connectivity index (χ2v) is 7.31. The number of carbonyl (C=O) groups is 1. The molecule has 0 aliphatic carbocycles. The number of rotatable bonds is 4. The maximum atomic E-state index is 11.6. The van der Waals surface area contributed by atoms with E-state index in [1.807, 2.05) is 17.8 Å². The molecule has 2 saturated heterocycles. The summed E-state index contributed by atoms with van der Waals surface area (Å²) in [5.41, 5.74) is 0. The maximum absolute atomic E-state index is 11.6. The molecule has 0 saturated carbocycles. The number of hydrogen-bond acceptors (Lipinski definition) is 6. The van der Waals surface area contributed by atoms with Crippen molar-refractivity contribution in [3.63, 3.8) is 0 Å². The molecule has 2 aliphatic heterocycles. The fourth-order valence-electron chi connectivity index (χ4n) is 2.69. The Morgan fingerprint density at radius 1 is 1.48 bits per heavy atom. The van der Waals surface area contributed by atoms with Gasteiger partial charge < -0.3 is 14.5 Å². The first-order valence-electron chi connectivity index (χ1n) is 7.06. The zero-order chi connectivity index (χ0) is 14.9. The molecule has 1 amide bonds. The molecular formula is C14H20N4O2S. The highest BCUT2D eigenvalue weighted by molar-refractivity contribution is 8.01. The first kappa shape index (κ1) is 14.6. The fourth-order valence-corrected chi connectivity index (χ4v) is 4.24. The molecule has 21 heavy (non-hydrogen) atoms. The number of carbonyl (C=O) groups excluding carboxylic acids is 1. The second kappa shape index (κ2) is 5.81. The summed E-state index contributed by atoms with van der Waals surface area (Å²) in [7, 11) is 3.50. The molecule has 0 N–H and O–H groups in total. The van der Waals surface area contributed by atoms with Crippen molar-refractivity contribution in [1.82, 2.24) is 14.9 Å². The van der Waals surface area contributed by atoms with E-state index in [0.29, 0.717) is 0 Å². The topological polar surface area (TPSA) is 58.6 Å². The van der Waals surface area contributed by atoms with E-state index < -0.39 is 0 Å². The van der Waals surface area contributed by atoms with Gasteiger partial charge in [-0.05, 0) is 12.5 Å². The molecule has 1 atom stereocenters. The van der Waals surface area contributed by atoms with Crippen LogP contribution in [0.15, 0.2) is 18.5 Å². The number of aromatic nitrogens is 2. The first-order valence-corrected chi connectivity index (χ1v) is 8.04. The zero-order valence-corrected chi connectivity index (χ0v) is 13.2. The van der Waals surface area contributed by atoms with Crippen LogP contribution in [-0.2, 0) is 9.53 Å². The van der Waals surface area contributed by atoms with Gasteiger partial charge in [0.15, 0.2) is 0 Å². The highest BCUT2D eigenvalue weighted by Gasteiger charge is 2.50. The minimum absolute atomic E-state index is 0.0221. The lowest BCUT2D eigenvalue weighted by molar-refractivity contribution is -0.135. The molecule has 1 aromatic heterocycles. The summed E-state index contributed by atoms with van der Waals surface area (Å²) in [6, 6.07) is 1.83. The lowest BCUT2D eigenvalue weighted by Crippen LogP contribution is -2.59. The van der Waals surface area contributed by atoms with Gasteiger partial charge in [0, 0.05) is 45.3 Å². The van der Waals surface area contributed by atoms with Gasteiger partial charge in [-0.1, -0.05) is 0 Å². The van der Waals surface area contributed by atoms with Crippen LogP contribution >= 0.6 is 11.8 Å². The number of nitrogens with zero attached hydrogens (tertiary/aromatic N) is 4. The Bertz CT molecular complexity index is 505. The Labute approximate surface area is 128 Å². The van der Waals surface area contributed by atoms with Crippen LogP contribution in [0.2, 0.25) is 0 Å². The molecule has 2 fully saturated rings. The lowest BCUT2D eigenvalue weighted by Gasteiger charge is -2.47. The molecule has 0 bridgehead atoms. The Morgan fingerprint density at radius 2 is 2.19 bits per heavy atom. The largest absolute Gasteiger partial charge is 0.367 e. The quantitative estimate of drug-likeness (QED) is 0.814. The predicted octanol–water partition coefficient (Wildman–Crippen LogP) is 0.646. The smallest absolute Gasteiger partial charge is 0.248 e. The van der Waals surface area contributed by atoms with Gasteiger partial charge in [-0.15, -0.1) is 11.8 Å². The van der Waals surface area contributed by atoms with Crippen LogP contribution in [0, 0.1) is 0 Å². The molecule has 1 spiro atoms. The molecular weight excluding hydrogens is 288 g/mol. The van der Waals surface area contributed by atoms with Gasteiger partial charge >= 0.3 is 0 Å². The lowest BCUT2D eigenvalue weighted by atomic mass is 9.93. The first-order chi connectivity index (χ1) is 10.1. The predicted molar refractivity (Wildman–Crippen MR) is 82.5 cm³/mol. The second-order valence-electron chi connectivity index (χ2n) is 5.82. The Morgan fingerprint density at radius 3 is 2.86 bits per heavy atom. The van der Waals surface area contributed by atoms with E-state index in [9.17, 15) is 4.79 Å². The van der Waals surface area contributed by atoms with Crippen LogP contribution < -0.4 is 4.90 Å². The van der Waals surface area contributed by atoms with Crippen molar-refractivity contribution in [3.8, 4) is 0 Å². The minimum Gasteiger partial charge on any atom is -0.367 e. The Kier molecular flexibility index (Phi) is 4.03. The Hall–Kier alpha value is -1.34. The average Bonchev–Trinajstić information content (AvgIpc) is 2.88. The van der Waals surface area contributed by atoms with E-state index in [4.69, 9.17) is 4.74 Å². The third-order valence-corrected chi connectivity index (χ3v) is 5.49. The summed E-state index contributed by atoms with van der Waals surface area (Å²) >= 11 is 1.95. The number of thioether (sulfide) groups is 1. The summed E-state index contributed by atoms with van der Waals surface area (Å²) in [5, 5.41) is 0. The monoisotopic (exact) mass is 308 g/mol. The van der Waals surface area contributed by atoms with Crippen molar-refractivity contribution in [2.24, 2.45) is 0 Å². The van der Waals surface area contributed by atoms with Crippen LogP contribution in [0.3, 0.4) is 0 Å². The van der Waals surface area contributed by atoms with Crippen molar-refractivity contribution in [2.75, 3.05) is 44.4 Å².